The van der Waals surface area contributed by atoms with Gasteiger partial charge >= 0.3 is 0 Å². The summed E-state index contributed by atoms with van der Waals surface area (Å²) < 4.78 is 14.1. The van der Waals surface area contributed by atoms with E-state index in [1.807, 2.05) is 11.6 Å². The van der Waals surface area contributed by atoms with Crippen molar-refractivity contribution in [3.8, 4) is 5.88 Å². The third-order valence-electron chi connectivity index (χ3n) is 4.15. The van der Waals surface area contributed by atoms with Crippen molar-refractivity contribution in [3.63, 3.8) is 0 Å². The maximum absolute atomic E-state index is 6.15. The number of H-pyrrole nitrogens is 1. The van der Waals surface area contributed by atoms with E-state index in [4.69, 9.17) is 15.2 Å². The van der Waals surface area contributed by atoms with E-state index in [1.165, 1.54) is 0 Å². The van der Waals surface area contributed by atoms with Crippen LogP contribution >= 0.6 is 15.9 Å². The summed E-state index contributed by atoms with van der Waals surface area (Å²) in [6.07, 6.45) is 4.47. The summed E-state index contributed by atoms with van der Waals surface area (Å²) in [5.41, 5.74) is 7.75. The van der Waals surface area contributed by atoms with Crippen LogP contribution < -0.4 is 15.8 Å². The molecule has 4 N–H and O–H groups in total. The molecule has 0 atom stereocenters. The predicted octanol–water partition coefficient (Wildman–Crippen LogP) is 2.49. The quantitative estimate of drug-likeness (QED) is 0.619. The van der Waals surface area contributed by atoms with Crippen LogP contribution in [-0.4, -0.2) is 46.3 Å². The lowest BCUT2D eigenvalue weighted by molar-refractivity contribution is 0.0652. The second-order valence-corrected chi connectivity index (χ2v) is 6.67. The molecule has 2 aromatic heterocycles. The van der Waals surface area contributed by atoms with Gasteiger partial charge in [-0.15, -0.1) is 5.10 Å². The van der Waals surface area contributed by atoms with Crippen molar-refractivity contribution in [2.45, 2.75) is 32.2 Å². The molecule has 9 heteroatoms. The summed E-state index contributed by atoms with van der Waals surface area (Å²) in [5.74, 6) is 1.40. The zero-order valence-electron chi connectivity index (χ0n) is 13.7. The molecule has 0 spiro atoms. The Bertz CT molecular complexity index is 665. The Kier molecular flexibility index (Phi) is 5.62. The fraction of sp³-hybridized carbons (Fsp3) is 0.600. The van der Waals surface area contributed by atoms with Gasteiger partial charge in [-0.05, 0) is 42.1 Å². The molecule has 1 aliphatic rings. The Balaban J connectivity index is 1.49. The lowest BCUT2D eigenvalue weighted by Gasteiger charge is -2.23. The number of rotatable bonds is 7. The second-order valence-electron chi connectivity index (χ2n) is 5.81. The molecule has 1 aliphatic heterocycles. The third-order valence-corrected chi connectivity index (χ3v) is 4.76. The van der Waals surface area contributed by atoms with Gasteiger partial charge in [0.05, 0.1) is 29.0 Å². The molecule has 8 nitrogen and oxygen atoms in total. The van der Waals surface area contributed by atoms with Crippen molar-refractivity contribution in [2.24, 2.45) is 0 Å². The topological polar surface area (TPSA) is 103 Å². The van der Waals surface area contributed by atoms with Crippen molar-refractivity contribution >= 4 is 27.4 Å². The molecule has 0 radical (unpaired) electrons. The Morgan fingerprint density at radius 1 is 1.50 bits per heavy atom. The highest BCUT2D eigenvalue weighted by molar-refractivity contribution is 9.10. The molecular formula is C15H23BrN6O2. The highest BCUT2D eigenvalue weighted by Crippen LogP contribution is 2.30. The molecule has 132 valence electrons. The average Bonchev–Trinajstić information content (AvgIpc) is 3.13. The Hall–Kier alpha value is -1.74. The first kappa shape index (κ1) is 17.1. The molecule has 0 aromatic carbocycles. The minimum Gasteiger partial charge on any atom is -0.475 e. The number of aromatic nitrogens is 4. The first-order chi connectivity index (χ1) is 11.7. The summed E-state index contributed by atoms with van der Waals surface area (Å²) in [5, 5.41) is 14.6. The minimum atomic E-state index is 0.345. The van der Waals surface area contributed by atoms with E-state index in [2.05, 4.69) is 36.5 Å². The van der Waals surface area contributed by atoms with Crippen molar-refractivity contribution in [1.29, 1.82) is 0 Å². The molecule has 0 saturated carbocycles. The summed E-state index contributed by atoms with van der Waals surface area (Å²) in [4.78, 5) is 0. The van der Waals surface area contributed by atoms with E-state index >= 15 is 0 Å². The second kappa shape index (κ2) is 7.89. The Morgan fingerprint density at radius 3 is 3.00 bits per heavy atom. The molecule has 3 rings (SSSR count). The summed E-state index contributed by atoms with van der Waals surface area (Å²) in [6.45, 7) is 4.85. The predicted molar refractivity (Wildman–Crippen MR) is 95.4 cm³/mol. The van der Waals surface area contributed by atoms with E-state index in [9.17, 15) is 0 Å². The summed E-state index contributed by atoms with van der Waals surface area (Å²) in [7, 11) is 0. The van der Waals surface area contributed by atoms with Crippen LogP contribution in [0.25, 0.3) is 0 Å². The van der Waals surface area contributed by atoms with Crippen LogP contribution in [0.1, 0.15) is 31.0 Å². The molecule has 1 saturated heterocycles. The van der Waals surface area contributed by atoms with E-state index < -0.39 is 0 Å². The van der Waals surface area contributed by atoms with Gasteiger partial charge in [0.15, 0.2) is 0 Å². The standard InChI is InChI=1S/C15H23BrN6O2/c1-10-13(17)15(21-22(10)11-3-7-23-8-4-11)24-6-2-5-18-14-12(16)9-19-20-14/h9,11H,2-8,17H2,1H3,(H2,18,19,20). The van der Waals surface area contributed by atoms with Crippen LogP contribution in [0.5, 0.6) is 5.88 Å². The van der Waals surface area contributed by atoms with Crippen LogP contribution in [0, 0.1) is 6.92 Å². The van der Waals surface area contributed by atoms with Gasteiger partial charge in [-0.2, -0.15) is 5.10 Å². The van der Waals surface area contributed by atoms with E-state index in [0.717, 1.165) is 55.0 Å². The molecule has 0 amide bonds. The number of nitrogen functional groups attached to an aromatic ring is 1. The maximum Gasteiger partial charge on any atom is 0.256 e. The highest BCUT2D eigenvalue weighted by Gasteiger charge is 2.22. The van der Waals surface area contributed by atoms with E-state index in [-0.39, 0.29) is 0 Å². The number of anilines is 2. The van der Waals surface area contributed by atoms with Gasteiger partial charge in [0, 0.05) is 19.8 Å². The lowest BCUT2D eigenvalue weighted by atomic mass is 10.1. The third kappa shape index (κ3) is 3.84. The molecule has 3 heterocycles. The molecule has 2 aromatic rings. The molecule has 0 unspecified atom stereocenters. The van der Waals surface area contributed by atoms with Crippen LogP contribution in [0.3, 0.4) is 0 Å². The van der Waals surface area contributed by atoms with Crippen molar-refractivity contribution < 1.29 is 9.47 Å². The smallest absolute Gasteiger partial charge is 0.256 e. The maximum atomic E-state index is 6.15. The largest absolute Gasteiger partial charge is 0.475 e. The molecule has 24 heavy (non-hydrogen) atoms. The molecule has 1 fully saturated rings. The zero-order valence-corrected chi connectivity index (χ0v) is 15.3. The van der Waals surface area contributed by atoms with E-state index in [0.29, 0.717) is 24.2 Å². The number of halogens is 1. The fourth-order valence-electron chi connectivity index (χ4n) is 2.75. The Morgan fingerprint density at radius 2 is 2.29 bits per heavy atom. The van der Waals surface area contributed by atoms with Gasteiger partial charge in [-0.25, -0.2) is 0 Å². The minimum absolute atomic E-state index is 0.345. The lowest BCUT2D eigenvalue weighted by Crippen LogP contribution is -2.21. The number of nitrogens with one attached hydrogen (secondary N) is 2. The van der Waals surface area contributed by atoms with Gasteiger partial charge in [0.25, 0.3) is 5.88 Å². The highest BCUT2D eigenvalue weighted by atomic mass is 79.9. The number of ether oxygens (including phenoxy) is 2. The summed E-state index contributed by atoms with van der Waals surface area (Å²) >= 11 is 3.40. The monoisotopic (exact) mass is 398 g/mol. The number of aromatic amines is 1. The van der Waals surface area contributed by atoms with Crippen molar-refractivity contribution in [1.82, 2.24) is 20.0 Å². The number of nitrogens with zero attached hydrogens (tertiary/aromatic N) is 3. The van der Waals surface area contributed by atoms with Crippen molar-refractivity contribution in [3.05, 3.63) is 16.4 Å². The SMILES string of the molecule is Cc1c(N)c(OCCCNc2[nH]ncc2Br)nn1C1CCOCC1. The van der Waals surface area contributed by atoms with Crippen LogP contribution in [0.4, 0.5) is 11.5 Å². The van der Waals surface area contributed by atoms with Crippen LogP contribution in [0.15, 0.2) is 10.7 Å². The normalized spacial score (nSPS) is 15.6. The molecule has 0 bridgehead atoms. The first-order valence-corrected chi connectivity index (χ1v) is 8.94. The van der Waals surface area contributed by atoms with Crippen molar-refractivity contribution in [2.75, 3.05) is 37.4 Å². The number of hydrogen-bond acceptors (Lipinski definition) is 6. The zero-order chi connectivity index (χ0) is 16.9. The first-order valence-electron chi connectivity index (χ1n) is 8.14. The van der Waals surface area contributed by atoms with Gasteiger partial charge in [-0.1, -0.05) is 0 Å². The number of hydrogen-bond donors (Lipinski definition) is 3. The molecule has 0 aliphatic carbocycles. The number of nitrogens with two attached hydrogens (primary N) is 1. The molecular weight excluding hydrogens is 376 g/mol. The van der Waals surface area contributed by atoms with Gasteiger partial charge < -0.3 is 20.5 Å². The fourth-order valence-corrected chi connectivity index (χ4v) is 3.08. The van der Waals surface area contributed by atoms with Crippen LogP contribution in [0.2, 0.25) is 0 Å². The van der Waals surface area contributed by atoms with Gasteiger partial charge in [-0.3, -0.25) is 9.78 Å². The van der Waals surface area contributed by atoms with Gasteiger partial charge in [0.2, 0.25) is 0 Å². The average molecular weight is 399 g/mol. The van der Waals surface area contributed by atoms with E-state index in [1.54, 1.807) is 6.20 Å². The van der Waals surface area contributed by atoms with Crippen LogP contribution in [-0.2, 0) is 4.74 Å². The van der Waals surface area contributed by atoms with Gasteiger partial charge in [0.1, 0.15) is 11.5 Å². The Labute approximate surface area is 149 Å². The summed E-state index contributed by atoms with van der Waals surface area (Å²) in [6, 6.07) is 0.345.